The zero-order valence-corrected chi connectivity index (χ0v) is 9.52. The fraction of sp³-hybridized carbons (Fsp3) is 0.385. The van der Waals surface area contributed by atoms with Crippen molar-refractivity contribution in [2.24, 2.45) is 0 Å². The first-order chi connectivity index (χ1) is 7.85. The maximum Gasteiger partial charge on any atom is 0.120 e. The molecular weight excluding hydrogens is 202 g/mol. The van der Waals surface area contributed by atoms with E-state index in [4.69, 9.17) is 9.84 Å². The van der Waals surface area contributed by atoms with Gasteiger partial charge in [0.1, 0.15) is 5.75 Å². The maximum atomic E-state index is 8.92. The molecule has 0 bridgehead atoms. The van der Waals surface area contributed by atoms with Gasteiger partial charge in [-0.05, 0) is 30.7 Å². The molecule has 0 radical (unpaired) electrons. The zero-order chi connectivity index (χ0) is 11.4. The molecule has 1 N–H and O–H groups in total. The highest BCUT2D eigenvalue weighted by atomic mass is 16.5. The molecule has 16 heavy (non-hydrogen) atoms. The van der Waals surface area contributed by atoms with Gasteiger partial charge in [-0.1, -0.05) is 6.92 Å². The molecule has 0 spiro atoms. The summed E-state index contributed by atoms with van der Waals surface area (Å²) in [5.74, 6) is 0.913. The lowest BCUT2D eigenvalue weighted by Gasteiger charge is -2.06. The van der Waals surface area contributed by atoms with Crippen molar-refractivity contribution in [1.82, 2.24) is 4.57 Å². The van der Waals surface area contributed by atoms with Crippen molar-refractivity contribution in [3.8, 4) is 5.75 Å². The zero-order valence-electron chi connectivity index (χ0n) is 9.52. The van der Waals surface area contributed by atoms with Crippen LogP contribution in [0, 0.1) is 0 Å². The highest BCUT2D eigenvalue weighted by Gasteiger charge is 2.02. The van der Waals surface area contributed by atoms with Crippen LogP contribution in [0.15, 0.2) is 30.5 Å². The van der Waals surface area contributed by atoms with E-state index in [0.29, 0.717) is 6.54 Å². The lowest BCUT2D eigenvalue weighted by Crippen LogP contribution is -1.99. The molecule has 3 heteroatoms. The number of benzene rings is 1. The highest BCUT2D eigenvalue weighted by molar-refractivity contribution is 5.81. The third kappa shape index (κ3) is 2.19. The van der Waals surface area contributed by atoms with E-state index in [2.05, 4.69) is 6.92 Å². The van der Waals surface area contributed by atoms with Crippen LogP contribution < -0.4 is 4.74 Å². The van der Waals surface area contributed by atoms with Crippen molar-refractivity contribution in [3.63, 3.8) is 0 Å². The third-order valence-electron chi connectivity index (χ3n) is 2.56. The summed E-state index contributed by atoms with van der Waals surface area (Å²) in [6.45, 7) is 3.65. The smallest absolute Gasteiger partial charge is 0.120 e. The van der Waals surface area contributed by atoms with Gasteiger partial charge in [-0.15, -0.1) is 0 Å². The topological polar surface area (TPSA) is 34.4 Å². The van der Waals surface area contributed by atoms with E-state index in [1.54, 1.807) is 0 Å². The minimum atomic E-state index is 0.165. The van der Waals surface area contributed by atoms with Gasteiger partial charge in [0.15, 0.2) is 0 Å². The number of rotatable bonds is 5. The molecule has 0 saturated heterocycles. The second kappa shape index (κ2) is 5.03. The van der Waals surface area contributed by atoms with Crippen molar-refractivity contribution < 1.29 is 9.84 Å². The van der Waals surface area contributed by atoms with Gasteiger partial charge in [0.25, 0.3) is 0 Å². The highest BCUT2D eigenvalue weighted by Crippen LogP contribution is 2.22. The Balaban J connectivity index is 2.26. The second-order valence-electron chi connectivity index (χ2n) is 3.80. The summed E-state index contributed by atoms with van der Waals surface area (Å²) >= 11 is 0. The minimum absolute atomic E-state index is 0.165. The van der Waals surface area contributed by atoms with E-state index in [9.17, 15) is 0 Å². The number of aliphatic hydroxyl groups is 1. The molecule has 0 atom stereocenters. The van der Waals surface area contributed by atoms with Crippen molar-refractivity contribution in [1.29, 1.82) is 0 Å². The average molecular weight is 219 g/mol. The molecule has 86 valence electrons. The molecule has 0 amide bonds. The van der Waals surface area contributed by atoms with Crippen LogP contribution in [-0.2, 0) is 6.54 Å². The Morgan fingerprint density at radius 3 is 2.94 bits per heavy atom. The van der Waals surface area contributed by atoms with Crippen molar-refractivity contribution in [2.75, 3.05) is 13.2 Å². The van der Waals surface area contributed by atoms with Crippen LogP contribution in [0.2, 0.25) is 0 Å². The summed E-state index contributed by atoms with van der Waals surface area (Å²) < 4.78 is 7.61. The quantitative estimate of drug-likeness (QED) is 0.838. The average Bonchev–Trinajstić information content (AvgIpc) is 2.70. The fourth-order valence-corrected chi connectivity index (χ4v) is 1.79. The Morgan fingerprint density at radius 1 is 1.31 bits per heavy atom. The van der Waals surface area contributed by atoms with Gasteiger partial charge < -0.3 is 14.4 Å². The molecule has 0 aliphatic rings. The molecule has 1 aromatic carbocycles. The predicted molar refractivity (Wildman–Crippen MR) is 64.8 cm³/mol. The van der Waals surface area contributed by atoms with Gasteiger partial charge in [-0.25, -0.2) is 0 Å². The van der Waals surface area contributed by atoms with E-state index in [1.807, 2.05) is 35.0 Å². The van der Waals surface area contributed by atoms with Crippen molar-refractivity contribution in [3.05, 3.63) is 30.5 Å². The lowest BCUT2D eigenvalue weighted by molar-refractivity contribution is 0.278. The summed E-state index contributed by atoms with van der Waals surface area (Å²) in [7, 11) is 0. The molecule has 3 nitrogen and oxygen atoms in total. The van der Waals surface area contributed by atoms with E-state index < -0.39 is 0 Å². The first-order valence-electron chi connectivity index (χ1n) is 5.67. The maximum absolute atomic E-state index is 8.92. The number of hydrogen-bond donors (Lipinski definition) is 1. The molecular formula is C13H17NO2. The fourth-order valence-electron chi connectivity index (χ4n) is 1.79. The van der Waals surface area contributed by atoms with E-state index in [0.717, 1.165) is 29.7 Å². The summed E-state index contributed by atoms with van der Waals surface area (Å²) in [4.78, 5) is 0. The number of fused-ring (bicyclic) bond motifs is 1. The van der Waals surface area contributed by atoms with Crippen LogP contribution in [0.25, 0.3) is 10.9 Å². The van der Waals surface area contributed by atoms with Crippen LogP contribution in [0.3, 0.4) is 0 Å². The van der Waals surface area contributed by atoms with Crippen LogP contribution in [0.1, 0.15) is 13.3 Å². The van der Waals surface area contributed by atoms with E-state index in [-0.39, 0.29) is 6.61 Å². The second-order valence-corrected chi connectivity index (χ2v) is 3.80. The number of nitrogens with zero attached hydrogens (tertiary/aromatic N) is 1. The van der Waals surface area contributed by atoms with Crippen LogP contribution in [0.4, 0.5) is 0 Å². The van der Waals surface area contributed by atoms with Crippen LogP contribution >= 0.6 is 0 Å². The predicted octanol–water partition coefficient (Wildman–Crippen LogP) is 2.42. The van der Waals surface area contributed by atoms with Gasteiger partial charge in [-0.2, -0.15) is 0 Å². The first-order valence-corrected chi connectivity index (χ1v) is 5.67. The van der Waals surface area contributed by atoms with Gasteiger partial charge in [0, 0.05) is 23.6 Å². The molecule has 1 aromatic heterocycles. The standard InChI is InChI=1S/C13H17NO2/c1-2-9-16-12-3-4-13-11(10-12)5-6-14(13)7-8-15/h3-6,10,15H,2,7-9H2,1H3. The lowest BCUT2D eigenvalue weighted by atomic mass is 10.2. The summed E-state index contributed by atoms with van der Waals surface area (Å²) in [6, 6.07) is 8.10. The third-order valence-corrected chi connectivity index (χ3v) is 2.56. The van der Waals surface area contributed by atoms with Crippen molar-refractivity contribution >= 4 is 10.9 Å². The molecule has 0 aliphatic heterocycles. The molecule has 0 unspecified atom stereocenters. The molecule has 1 heterocycles. The van der Waals surface area contributed by atoms with Gasteiger partial charge in [-0.3, -0.25) is 0 Å². The Morgan fingerprint density at radius 2 is 2.19 bits per heavy atom. The number of hydrogen-bond acceptors (Lipinski definition) is 2. The molecule has 0 fully saturated rings. The number of ether oxygens (including phenoxy) is 1. The van der Waals surface area contributed by atoms with Gasteiger partial charge in [0.2, 0.25) is 0 Å². The normalized spacial score (nSPS) is 10.9. The largest absolute Gasteiger partial charge is 0.494 e. The monoisotopic (exact) mass is 219 g/mol. The Kier molecular flexibility index (Phi) is 3.47. The summed E-state index contributed by atoms with van der Waals surface area (Å²) in [6.07, 6.45) is 3.01. The molecule has 2 rings (SSSR count). The minimum Gasteiger partial charge on any atom is -0.494 e. The molecule has 0 saturated carbocycles. The van der Waals surface area contributed by atoms with Crippen LogP contribution in [0.5, 0.6) is 5.75 Å². The van der Waals surface area contributed by atoms with Gasteiger partial charge >= 0.3 is 0 Å². The molecule has 2 aromatic rings. The van der Waals surface area contributed by atoms with Crippen LogP contribution in [-0.4, -0.2) is 22.9 Å². The molecule has 0 aliphatic carbocycles. The number of aliphatic hydroxyl groups excluding tert-OH is 1. The first kappa shape index (κ1) is 11.0. The van der Waals surface area contributed by atoms with E-state index in [1.165, 1.54) is 0 Å². The SMILES string of the molecule is CCCOc1ccc2c(ccn2CCO)c1. The number of aromatic nitrogens is 1. The van der Waals surface area contributed by atoms with Gasteiger partial charge in [0.05, 0.1) is 13.2 Å². The Hall–Kier alpha value is -1.48. The Bertz CT molecular complexity index is 462. The summed E-state index contributed by atoms with van der Waals surface area (Å²) in [5.41, 5.74) is 1.14. The summed E-state index contributed by atoms with van der Waals surface area (Å²) in [5, 5.41) is 10.1. The Labute approximate surface area is 95.3 Å². The van der Waals surface area contributed by atoms with Crippen molar-refractivity contribution in [2.45, 2.75) is 19.9 Å². The van der Waals surface area contributed by atoms with E-state index >= 15 is 0 Å².